The van der Waals surface area contributed by atoms with Gasteiger partial charge in [-0.25, -0.2) is 5.43 Å². The van der Waals surface area contributed by atoms with Crippen LogP contribution in [-0.2, 0) is 10.2 Å². The van der Waals surface area contributed by atoms with E-state index in [9.17, 15) is 9.90 Å². The van der Waals surface area contributed by atoms with E-state index in [-0.39, 0.29) is 23.0 Å². The number of hydrogen-bond acceptors (Lipinski definition) is 3. The van der Waals surface area contributed by atoms with Crippen molar-refractivity contribution in [3.63, 3.8) is 0 Å². The Kier molecular flexibility index (Phi) is 4.93. The third-order valence-corrected chi connectivity index (χ3v) is 5.63. The first-order valence-electron chi connectivity index (χ1n) is 9.75. The molecule has 2 N–H and O–H groups in total. The van der Waals surface area contributed by atoms with Gasteiger partial charge in [0, 0.05) is 5.41 Å². The molecule has 0 aromatic heterocycles. The van der Waals surface area contributed by atoms with Gasteiger partial charge in [0.15, 0.2) is 0 Å². The summed E-state index contributed by atoms with van der Waals surface area (Å²) in [5, 5.41) is 13.5. The smallest absolute Gasteiger partial charge is 0.244 e. The van der Waals surface area contributed by atoms with Crippen LogP contribution < -0.4 is 5.43 Å². The van der Waals surface area contributed by atoms with E-state index in [2.05, 4.69) is 72.9 Å². The minimum absolute atomic E-state index is 0.0805. The number of aromatic hydroxyl groups is 1. The molecule has 4 nitrogen and oxygen atoms in total. The van der Waals surface area contributed by atoms with Gasteiger partial charge in [-0.15, -0.1) is 0 Å². The van der Waals surface area contributed by atoms with E-state index >= 15 is 0 Å². The Morgan fingerprint density at radius 2 is 1.59 bits per heavy atom. The summed E-state index contributed by atoms with van der Waals surface area (Å²) in [7, 11) is 0. The predicted molar refractivity (Wildman–Crippen MR) is 115 cm³/mol. The van der Waals surface area contributed by atoms with Crippen molar-refractivity contribution in [1.82, 2.24) is 5.43 Å². The lowest BCUT2D eigenvalue weighted by atomic mass is 9.84. The number of amides is 1. The van der Waals surface area contributed by atoms with E-state index in [1.54, 1.807) is 30.5 Å². The van der Waals surface area contributed by atoms with Crippen molar-refractivity contribution in [2.75, 3.05) is 0 Å². The van der Waals surface area contributed by atoms with Crippen LogP contribution in [0.2, 0.25) is 0 Å². The minimum atomic E-state index is -0.309. The maximum atomic E-state index is 12.9. The van der Waals surface area contributed by atoms with Gasteiger partial charge in [0.1, 0.15) is 5.75 Å². The van der Waals surface area contributed by atoms with Gasteiger partial charge in [0.05, 0.1) is 12.1 Å². The molecule has 4 heteroatoms. The highest BCUT2D eigenvalue weighted by Gasteiger charge is 2.60. The van der Waals surface area contributed by atoms with Crippen molar-refractivity contribution < 1.29 is 9.90 Å². The van der Waals surface area contributed by atoms with E-state index in [0.29, 0.717) is 0 Å². The van der Waals surface area contributed by atoms with Crippen LogP contribution in [0.4, 0.5) is 0 Å². The Hall–Kier alpha value is -3.40. The summed E-state index contributed by atoms with van der Waals surface area (Å²) in [5.41, 5.74) is 7.91. The van der Waals surface area contributed by atoms with E-state index in [0.717, 1.165) is 12.0 Å². The van der Waals surface area contributed by atoms with Crippen LogP contribution in [0.3, 0.4) is 0 Å². The molecule has 4 rings (SSSR count). The fourth-order valence-corrected chi connectivity index (χ4v) is 4.04. The molecule has 29 heavy (non-hydrogen) atoms. The molecule has 0 heterocycles. The molecule has 1 fully saturated rings. The fourth-order valence-electron chi connectivity index (χ4n) is 4.04. The molecule has 0 saturated heterocycles. The minimum Gasteiger partial charge on any atom is -0.508 e. The Bertz CT molecular complexity index is 1020. The molecule has 1 aliphatic rings. The second-order valence-corrected chi connectivity index (χ2v) is 7.79. The first-order chi connectivity index (χ1) is 14.0. The van der Waals surface area contributed by atoms with Crippen LogP contribution in [0.1, 0.15) is 34.2 Å². The van der Waals surface area contributed by atoms with E-state index < -0.39 is 0 Å². The predicted octanol–water partition coefficient (Wildman–Crippen LogP) is 4.47. The first kappa shape index (κ1) is 18.9. The van der Waals surface area contributed by atoms with Crippen molar-refractivity contribution in [2.24, 2.45) is 11.0 Å². The summed E-state index contributed by atoms with van der Waals surface area (Å²) in [4.78, 5) is 12.9. The van der Waals surface area contributed by atoms with Crippen molar-refractivity contribution in [1.29, 1.82) is 0 Å². The second-order valence-electron chi connectivity index (χ2n) is 7.79. The zero-order valence-corrected chi connectivity index (χ0v) is 16.6. The molecule has 3 aromatic carbocycles. The molecule has 1 saturated carbocycles. The molecule has 0 radical (unpaired) electrons. The Morgan fingerprint density at radius 3 is 2.14 bits per heavy atom. The van der Waals surface area contributed by atoms with Crippen LogP contribution in [0.25, 0.3) is 0 Å². The summed E-state index contributed by atoms with van der Waals surface area (Å²) < 4.78 is 0. The average Bonchev–Trinajstić information content (AvgIpc) is 3.47. The Balaban J connectivity index is 1.58. The molecule has 3 aromatic rings. The SMILES string of the molecule is Cc1cccc(C2(c3cccc(C)c3)C[C@@H]2C(=O)N/N=C/c2ccc(O)cc2)c1. The molecule has 1 amide bonds. The summed E-state index contributed by atoms with van der Waals surface area (Å²) in [6.45, 7) is 4.15. The van der Waals surface area contributed by atoms with Crippen LogP contribution in [0, 0.1) is 19.8 Å². The van der Waals surface area contributed by atoms with Crippen molar-refractivity contribution >= 4 is 12.1 Å². The number of phenols is 1. The van der Waals surface area contributed by atoms with E-state index in [1.807, 2.05) is 0 Å². The molecule has 0 aliphatic heterocycles. The van der Waals surface area contributed by atoms with Gasteiger partial charge in [0.25, 0.3) is 0 Å². The van der Waals surface area contributed by atoms with Crippen LogP contribution in [-0.4, -0.2) is 17.2 Å². The number of carbonyl (C=O) groups excluding carboxylic acids is 1. The molecular weight excluding hydrogens is 360 g/mol. The number of benzene rings is 3. The standard InChI is InChI=1S/C25H24N2O2/c1-17-5-3-7-20(13-17)25(21-8-4-6-18(2)14-21)15-23(25)24(29)27-26-16-19-9-11-22(28)12-10-19/h3-14,16,23,28H,15H2,1-2H3,(H,27,29)/b26-16+/t23-/m1/s1. The number of phenolic OH excluding ortho intramolecular Hbond substituents is 1. The zero-order valence-electron chi connectivity index (χ0n) is 16.6. The topological polar surface area (TPSA) is 61.7 Å². The van der Waals surface area contributed by atoms with Gasteiger partial charge in [0.2, 0.25) is 5.91 Å². The number of aryl methyl sites for hydroxylation is 2. The maximum absolute atomic E-state index is 12.9. The van der Waals surface area contributed by atoms with Gasteiger partial charge in [-0.3, -0.25) is 4.79 Å². The van der Waals surface area contributed by atoms with Gasteiger partial charge >= 0.3 is 0 Å². The molecule has 0 spiro atoms. The molecule has 0 bridgehead atoms. The van der Waals surface area contributed by atoms with E-state index in [1.165, 1.54) is 22.3 Å². The number of hydrazone groups is 1. The lowest BCUT2D eigenvalue weighted by Gasteiger charge is -2.19. The monoisotopic (exact) mass is 384 g/mol. The Labute approximate surface area is 170 Å². The third kappa shape index (κ3) is 3.79. The van der Waals surface area contributed by atoms with Crippen molar-refractivity contribution in [2.45, 2.75) is 25.7 Å². The molecule has 1 aliphatic carbocycles. The average molecular weight is 384 g/mol. The lowest BCUT2D eigenvalue weighted by molar-refractivity contribution is -0.122. The van der Waals surface area contributed by atoms with Gasteiger partial charge in [-0.2, -0.15) is 5.10 Å². The Morgan fingerprint density at radius 1 is 1.00 bits per heavy atom. The fraction of sp³-hybridized carbons (Fsp3) is 0.200. The summed E-state index contributed by atoms with van der Waals surface area (Å²) >= 11 is 0. The highest BCUT2D eigenvalue weighted by Crippen LogP contribution is 2.59. The van der Waals surface area contributed by atoms with Crippen molar-refractivity contribution in [3.05, 3.63) is 101 Å². The van der Waals surface area contributed by atoms with Gasteiger partial charge in [-0.05, 0) is 61.2 Å². The van der Waals surface area contributed by atoms with Gasteiger partial charge < -0.3 is 5.11 Å². The lowest BCUT2D eigenvalue weighted by Crippen LogP contribution is -2.25. The normalized spacial score (nSPS) is 17.2. The zero-order chi connectivity index (χ0) is 20.4. The largest absolute Gasteiger partial charge is 0.508 e. The molecule has 0 unspecified atom stereocenters. The van der Waals surface area contributed by atoms with E-state index in [4.69, 9.17) is 0 Å². The number of nitrogens with one attached hydrogen (secondary N) is 1. The highest BCUT2D eigenvalue weighted by molar-refractivity contribution is 5.87. The third-order valence-electron chi connectivity index (χ3n) is 5.63. The number of carbonyl (C=O) groups is 1. The van der Waals surface area contributed by atoms with Crippen LogP contribution >= 0.6 is 0 Å². The van der Waals surface area contributed by atoms with Gasteiger partial charge in [-0.1, -0.05) is 59.7 Å². The summed E-state index contributed by atoms with van der Waals surface area (Å²) in [6.07, 6.45) is 2.35. The molecule has 146 valence electrons. The second kappa shape index (κ2) is 7.55. The van der Waals surface area contributed by atoms with Crippen molar-refractivity contribution in [3.8, 4) is 5.75 Å². The summed E-state index contributed by atoms with van der Waals surface area (Å²) in [5.74, 6) is -0.0450. The quantitative estimate of drug-likeness (QED) is 0.504. The first-order valence-corrected chi connectivity index (χ1v) is 9.75. The van der Waals surface area contributed by atoms with Crippen LogP contribution in [0.15, 0.2) is 77.9 Å². The van der Waals surface area contributed by atoms with Crippen LogP contribution in [0.5, 0.6) is 5.75 Å². The number of hydrogen-bond donors (Lipinski definition) is 2. The molecular formula is C25H24N2O2. The maximum Gasteiger partial charge on any atom is 0.244 e. The highest BCUT2D eigenvalue weighted by atomic mass is 16.3. The number of nitrogens with zero attached hydrogens (tertiary/aromatic N) is 1. The molecule has 1 atom stereocenters. The summed E-state index contributed by atoms with van der Waals surface area (Å²) in [6, 6.07) is 23.5. The number of rotatable bonds is 5.